The van der Waals surface area contributed by atoms with Gasteiger partial charge in [0.25, 0.3) is 0 Å². The van der Waals surface area contributed by atoms with Crippen LogP contribution < -0.4 is 10.6 Å². The fourth-order valence-electron chi connectivity index (χ4n) is 4.39. The van der Waals surface area contributed by atoms with Crippen molar-refractivity contribution in [3.8, 4) is 0 Å². The highest BCUT2D eigenvalue weighted by atomic mass is 32.2. The van der Waals surface area contributed by atoms with E-state index in [0.29, 0.717) is 24.6 Å². The first-order valence-electron chi connectivity index (χ1n) is 11.3. The third-order valence-electron chi connectivity index (χ3n) is 6.16. The summed E-state index contributed by atoms with van der Waals surface area (Å²) >= 11 is 3.16. The van der Waals surface area contributed by atoms with E-state index in [0.717, 1.165) is 37.2 Å². The monoisotopic (exact) mass is 483 g/mol. The number of carboxylic acid groups (broad SMARTS) is 2. The van der Waals surface area contributed by atoms with Crippen molar-refractivity contribution in [3.63, 3.8) is 0 Å². The third kappa shape index (κ3) is 7.47. The molecule has 1 aromatic heterocycles. The quantitative estimate of drug-likeness (QED) is 0.354. The minimum Gasteiger partial charge on any atom is -0.480 e. The fourth-order valence-corrected chi connectivity index (χ4v) is 6.65. The molecule has 1 aromatic rings. The lowest BCUT2D eigenvalue weighted by Gasteiger charge is -2.26. The molecule has 2 fully saturated rings. The number of hydrogen-bond donors (Lipinski definition) is 4. The molecular weight excluding hydrogens is 450 g/mol. The van der Waals surface area contributed by atoms with Crippen molar-refractivity contribution in [3.05, 3.63) is 22.4 Å². The minimum absolute atomic E-state index is 0.0154. The zero-order valence-corrected chi connectivity index (χ0v) is 19.8. The summed E-state index contributed by atoms with van der Waals surface area (Å²) in [6.45, 7) is 2.05. The molecule has 0 spiro atoms. The molecule has 2 aliphatic rings. The number of thiophene rings is 1. The van der Waals surface area contributed by atoms with Crippen LogP contribution in [0.1, 0.15) is 48.7 Å². The summed E-state index contributed by atoms with van der Waals surface area (Å²) in [6.07, 6.45) is 5.70. The average molecular weight is 484 g/mol. The van der Waals surface area contributed by atoms with Gasteiger partial charge in [-0.15, -0.1) is 23.1 Å². The summed E-state index contributed by atoms with van der Waals surface area (Å²) in [5.41, 5.74) is 0. The Bertz CT molecular complexity index is 755. The van der Waals surface area contributed by atoms with Gasteiger partial charge in [0.05, 0.1) is 11.3 Å². The van der Waals surface area contributed by atoms with E-state index in [9.17, 15) is 24.6 Å². The van der Waals surface area contributed by atoms with Crippen LogP contribution in [0.5, 0.6) is 0 Å². The zero-order chi connectivity index (χ0) is 22.9. The van der Waals surface area contributed by atoms with Crippen LogP contribution >= 0.6 is 23.1 Å². The average Bonchev–Trinajstić information content (AvgIpc) is 3.26. The summed E-state index contributed by atoms with van der Waals surface area (Å²) in [6, 6.07) is 2.40. The summed E-state index contributed by atoms with van der Waals surface area (Å²) in [4.78, 5) is 38.7. The Morgan fingerprint density at radius 1 is 1.25 bits per heavy atom. The van der Waals surface area contributed by atoms with Gasteiger partial charge in [-0.05, 0) is 49.7 Å². The Morgan fingerprint density at radius 3 is 2.69 bits per heavy atom. The van der Waals surface area contributed by atoms with Crippen LogP contribution in [0.3, 0.4) is 0 Å². The van der Waals surface area contributed by atoms with Crippen molar-refractivity contribution < 1.29 is 24.6 Å². The first-order chi connectivity index (χ1) is 15.4. The van der Waals surface area contributed by atoms with Gasteiger partial charge in [0.2, 0.25) is 5.91 Å². The number of unbranched alkanes of at least 4 members (excludes halogenated alkanes) is 1. The maximum atomic E-state index is 13.1. The van der Waals surface area contributed by atoms with Gasteiger partial charge < -0.3 is 20.4 Å². The molecule has 0 bridgehead atoms. The van der Waals surface area contributed by atoms with Gasteiger partial charge in [0.1, 0.15) is 12.6 Å². The molecule has 8 nitrogen and oxygen atoms in total. The molecule has 0 radical (unpaired) electrons. The van der Waals surface area contributed by atoms with E-state index in [1.54, 1.807) is 23.1 Å². The van der Waals surface area contributed by atoms with E-state index in [1.807, 2.05) is 17.5 Å². The number of nitrogens with one attached hydrogen (secondary N) is 2. The van der Waals surface area contributed by atoms with Crippen LogP contribution in [0.4, 0.5) is 0 Å². The number of rotatable bonds is 11. The van der Waals surface area contributed by atoms with E-state index in [1.165, 1.54) is 17.7 Å². The highest BCUT2D eigenvalue weighted by molar-refractivity contribution is 7.99. The van der Waals surface area contributed by atoms with Crippen LogP contribution in [0, 0.1) is 5.92 Å². The minimum atomic E-state index is -1.07. The zero-order valence-electron chi connectivity index (χ0n) is 18.2. The molecule has 0 saturated carbocycles. The van der Waals surface area contributed by atoms with Gasteiger partial charge in [-0.1, -0.05) is 25.3 Å². The number of carbonyl (C=O) groups is 3. The Hall–Kier alpha value is -1.62. The summed E-state index contributed by atoms with van der Waals surface area (Å²) in [7, 11) is 0. The second-order valence-electron chi connectivity index (χ2n) is 8.54. The van der Waals surface area contributed by atoms with Gasteiger partial charge in [0.15, 0.2) is 0 Å². The number of thioether (sulfide) groups is 1. The van der Waals surface area contributed by atoms with E-state index in [2.05, 4.69) is 10.6 Å². The lowest BCUT2D eigenvalue weighted by molar-refractivity contribution is -0.146. The number of amides is 1. The number of nitrogens with zero attached hydrogens (tertiary/aromatic N) is 1. The summed E-state index contributed by atoms with van der Waals surface area (Å²) in [5, 5.41) is 27.4. The molecule has 10 heteroatoms. The van der Waals surface area contributed by atoms with Crippen molar-refractivity contribution in [1.29, 1.82) is 0 Å². The predicted molar refractivity (Wildman–Crippen MR) is 126 cm³/mol. The Labute approximate surface area is 197 Å². The molecular formula is C22H33N3O5S2. The normalized spacial score (nSPS) is 23.6. The number of aliphatic carboxylic acids is 2. The second kappa shape index (κ2) is 12.6. The van der Waals surface area contributed by atoms with Crippen molar-refractivity contribution in [2.24, 2.45) is 5.92 Å². The van der Waals surface area contributed by atoms with Gasteiger partial charge in [-0.25, -0.2) is 0 Å². The molecule has 0 aromatic carbocycles. The summed E-state index contributed by atoms with van der Waals surface area (Å²) < 4.78 is 0. The van der Waals surface area contributed by atoms with Crippen LogP contribution in [-0.4, -0.2) is 77.0 Å². The van der Waals surface area contributed by atoms with Gasteiger partial charge in [0, 0.05) is 17.2 Å². The fraction of sp³-hybridized carbons (Fsp3) is 0.682. The van der Waals surface area contributed by atoms with Crippen molar-refractivity contribution >= 4 is 40.9 Å². The highest BCUT2D eigenvalue weighted by Crippen LogP contribution is 2.35. The molecule has 2 saturated heterocycles. The molecule has 2 aliphatic heterocycles. The van der Waals surface area contributed by atoms with E-state index < -0.39 is 24.0 Å². The molecule has 3 atom stereocenters. The third-order valence-corrected chi connectivity index (χ3v) is 8.63. The van der Waals surface area contributed by atoms with Crippen molar-refractivity contribution in [2.45, 2.75) is 55.9 Å². The lowest BCUT2D eigenvalue weighted by atomic mass is 9.92. The van der Waals surface area contributed by atoms with Crippen LogP contribution in [0.25, 0.3) is 0 Å². The van der Waals surface area contributed by atoms with E-state index >= 15 is 0 Å². The number of piperidine rings is 1. The first kappa shape index (κ1) is 25.0. The molecule has 3 heterocycles. The Balaban J connectivity index is 1.57. The maximum Gasteiger partial charge on any atom is 0.323 e. The molecule has 178 valence electrons. The van der Waals surface area contributed by atoms with Crippen LogP contribution in [0.2, 0.25) is 0 Å². The molecule has 32 heavy (non-hydrogen) atoms. The van der Waals surface area contributed by atoms with Crippen molar-refractivity contribution in [2.75, 3.05) is 31.9 Å². The first-order valence-corrected chi connectivity index (χ1v) is 13.2. The molecule has 4 N–H and O–H groups in total. The maximum absolute atomic E-state index is 13.1. The molecule has 0 aliphatic carbocycles. The number of hydrogen-bond acceptors (Lipinski definition) is 7. The summed E-state index contributed by atoms with van der Waals surface area (Å²) in [5.74, 6) is -1.24. The Kier molecular flexibility index (Phi) is 9.83. The van der Waals surface area contributed by atoms with Crippen molar-refractivity contribution in [1.82, 2.24) is 15.5 Å². The molecule has 3 rings (SSSR count). The smallest absolute Gasteiger partial charge is 0.323 e. The standard InChI is InChI=1S/C22H33N3O5S2/c26-20(27)13-25-12-19(18-6-3-11-31-18)32-14-17(21(25)28)24-16(22(29)30)5-2-1-4-15-7-9-23-10-8-15/h3,6,11,15-17,19,23-24H,1-2,4-5,7-10,12-14H2,(H,26,27)(H,29,30)/t16-,17?,19?/m0/s1. The molecule has 1 amide bonds. The molecule has 2 unspecified atom stereocenters. The number of carboxylic acids is 2. The van der Waals surface area contributed by atoms with E-state index in [4.69, 9.17) is 0 Å². The Morgan fingerprint density at radius 2 is 2.03 bits per heavy atom. The predicted octanol–water partition coefficient (Wildman–Crippen LogP) is 2.42. The number of carbonyl (C=O) groups excluding carboxylic acids is 1. The second-order valence-corrected chi connectivity index (χ2v) is 10.8. The largest absolute Gasteiger partial charge is 0.480 e. The topological polar surface area (TPSA) is 119 Å². The highest BCUT2D eigenvalue weighted by Gasteiger charge is 2.35. The van der Waals surface area contributed by atoms with Crippen LogP contribution in [0.15, 0.2) is 17.5 Å². The lowest BCUT2D eigenvalue weighted by Crippen LogP contribution is -2.53. The van der Waals surface area contributed by atoms with Gasteiger partial charge >= 0.3 is 11.9 Å². The van der Waals surface area contributed by atoms with Gasteiger partial charge in [-0.2, -0.15) is 0 Å². The van der Waals surface area contributed by atoms with Crippen LogP contribution in [-0.2, 0) is 14.4 Å². The SMILES string of the molecule is O=C(O)CN1CC(c2cccs2)SCC(N[C@@H](CCCCC2CCNCC2)C(=O)O)C1=O. The van der Waals surface area contributed by atoms with E-state index in [-0.39, 0.29) is 17.7 Å². The van der Waals surface area contributed by atoms with Gasteiger partial charge in [-0.3, -0.25) is 19.7 Å².